The number of primary amides is 1. The highest BCUT2D eigenvalue weighted by Gasteiger charge is 2.35. The first-order chi connectivity index (χ1) is 15.2. The van der Waals surface area contributed by atoms with Gasteiger partial charge in [-0.25, -0.2) is 14.4 Å². The van der Waals surface area contributed by atoms with Crippen molar-refractivity contribution in [3.8, 4) is 5.95 Å². The molecule has 4 rings (SSSR count). The Kier molecular flexibility index (Phi) is 5.39. The molecule has 1 aromatic carbocycles. The Balaban J connectivity index is 1.62. The average molecular weight is 436 g/mol. The van der Waals surface area contributed by atoms with Crippen molar-refractivity contribution in [2.24, 2.45) is 10.8 Å². The van der Waals surface area contributed by atoms with Gasteiger partial charge in [-0.1, -0.05) is 0 Å². The number of carbonyl (C=O) groups excluding carboxylic acids is 2. The molecule has 0 fully saturated rings. The van der Waals surface area contributed by atoms with Crippen molar-refractivity contribution in [2.75, 3.05) is 10.3 Å². The van der Waals surface area contributed by atoms with Crippen molar-refractivity contribution in [3.05, 3.63) is 59.3 Å². The molecule has 0 saturated carbocycles. The van der Waals surface area contributed by atoms with Crippen LogP contribution < -0.4 is 16.1 Å². The molecule has 0 saturated heterocycles. The van der Waals surface area contributed by atoms with E-state index in [1.165, 1.54) is 34.0 Å². The lowest BCUT2D eigenvalue weighted by atomic mass is 10.1. The number of hydrazone groups is 1. The number of nitrogens with one attached hydrogen (secondary N) is 1. The molecule has 1 unspecified atom stereocenters. The number of amides is 2. The topological polar surface area (TPSA) is 131 Å². The van der Waals surface area contributed by atoms with Crippen molar-refractivity contribution in [3.63, 3.8) is 0 Å². The van der Waals surface area contributed by atoms with Crippen molar-refractivity contribution < 1.29 is 14.0 Å². The molecule has 0 aliphatic carbocycles. The van der Waals surface area contributed by atoms with E-state index in [9.17, 15) is 14.0 Å². The maximum absolute atomic E-state index is 13.3. The lowest BCUT2D eigenvalue weighted by Crippen LogP contribution is -2.39. The Bertz CT molecular complexity index is 1210. The van der Waals surface area contributed by atoms with E-state index < -0.39 is 23.7 Å². The van der Waals surface area contributed by atoms with Gasteiger partial charge in [-0.3, -0.25) is 14.6 Å². The molecular weight excluding hydrogens is 415 g/mol. The number of nitrogens with zero attached hydrogens (tertiary/aromatic N) is 6. The fraction of sp³-hybridized carbons (Fsp3) is 0.238. The summed E-state index contributed by atoms with van der Waals surface area (Å²) in [6, 6.07) is 8.06. The number of aromatic nitrogens is 4. The highest BCUT2D eigenvalue weighted by molar-refractivity contribution is 6.44. The molecule has 11 heteroatoms. The number of halogens is 1. The Morgan fingerprint density at radius 3 is 2.34 bits per heavy atom. The largest absolute Gasteiger partial charge is 0.368 e. The summed E-state index contributed by atoms with van der Waals surface area (Å²) in [4.78, 5) is 33.7. The van der Waals surface area contributed by atoms with E-state index in [2.05, 4.69) is 25.5 Å². The SMILES string of the molecule is Cc1cc(C)nc(-n2nc(C)cc2NC(=O)C2=NN(c3ccc(F)cc3)C(C(N)=O)C2)n1. The van der Waals surface area contributed by atoms with E-state index in [4.69, 9.17) is 5.73 Å². The van der Waals surface area contributed by atoms with Gasteiger partial charge in [0.05, 0.1) is 11.4 Å². The summed E-state index contributed by atoms with van der Waals surface area (Å²) in [7, 11) is 0. The number of hydrogen-bond donors (Lipinski definition) is 2. The highest BCUT2D eigenvalue weighted by Crippen LogP contribution is 2.25. The minimum Gasteiger partial charge on any atom is -0.368 e. The monoisotopic (exact) mass is 436 g/mol. The number of carbonyl (C=O) groups is 2. The van der Waals surface area contributed by atoms with E-state index in [1.54, 1.807) is 13.0 Å². The van der Waals surface area contributed by atoms with E-state index in [-0.39, 0.29) is 12.1 Å². The zero-order valence-electron chi connectivity index (χ0n) is 17.7. The average Bonchev–Trinajstić information content (AvgIpc) is 3.32. The van der Waals surface area contributed by atoms with E-state index >= 15 is 0 Å². The third-order valence-electron chi connectivity index (χ3n) is 4.83. The normalized spacial score (nSPS) is 15.6. The number of benzene rings is 1. The summed E-state index contributed by atoms with van der Waals surface area (Å²) in [5.41, 5.74) is 8.24. The van der Waals surface area contributed by atoms with Crippen LogP contribution in [0, 0.1) is 26.6 Å². The third kappa shape index (κ3) is 4.17. The third-order valence-corrected chi connectivity index (χ3v) is 4.83. The van der Waals surface area contributed by atoms with Gasteiger partial charge in [0, 0.05) is 23.9 Å². The van der Waals surface area contributed by atoms with Crippen LogP contribution in [-0.2, 0) is 9.59 Å². The van der Waals surface area contributed by atoms with E-state index in [0.29, 0.717) is 23.1 Å². The molecule has 0 bridgehead atoms. The zero-order chi connectivity index (χ0) is 23.0. The molecule has 2 aromatic heterocycles. The molecule has 3 heterocycles. The smallest absolute Gasteiger partial charge is 0.273 e. The van der Waals surface area contributed by atoms with Gasteiger partial charge in [-0.05, 0) is 51.1 Å². The van der Waals surface area contributed by atoms with Gasteiger partial charge in [-0.2, -0.15) is 14.9 Å². The van der Waals surface area contributed by atoms with Crippen LogP contribution in [0.4, 0.5) is 15.9 Å². The summed E-state index contributed by atoms with van der Waals surface area (Å²) < 4.78 is 14.7. The van der Waals surface area contributed by atoms with Gasteiger partial charge in [0.25, 0.3) is 11.9 Å². The van der Waals surface area contributed by atoms with Crippen molar-refractivity contribution in [1.29, 1.82) is 0 Å². The molecule has 2 amide bonds. The molecule has 32 heavy (non-hydrogen) atoms. The van der Waals surface area contributed by atoms with Gasteiger partial charge >= 0.3 is 0 Å². The minimum absolute atomic E-state index is 0.00567. The number of hydrogen-bond acceptors (Lipinski definition) is 7. The summed E-state index contributed by atoms with van der Waals surface area (Å²) in [5, 5.41) is 12.7. The van der Waals surface area contributed by atoms with Gasteiger partial charge in [0.2, 0.25) is 5.91 Å². The molecule has 3 aromatic rings. The summed E-state index contributed by atoms with van der Waals surface area (Å²) in [6.07, 6.45) is 0.00567. The predicted molar refractivity (Wildman–Crippen MR) is 116 cm³/mol. The minimum atomic E-state index is -0.865. The Morgan fingerprint density at radius 1 is 1.06 bits per heavy atom. The molecule has 1 atom stereocenters. The van der Waals surface area contributed by atoms with Gasteiger partial charge < -0.3 is 11.1 Å². The lowest BCUT2D eigenvalue weighted by Gasteiger charge is -2.20. The maximum atomic E-state index is 13.3. The van der Waals surface area contributed by atoms with Crippen LogP contribution in [0.15, 0.2) is 41.5 Å². The van der Waals surface area contributed by atoms with Crippen LogP contribution in [0.1, 0.15) is 23.5 Å². The first-order valence-corrected chi connectivity index (χ1v) is 9.83. The fourth-order valence-corrected chi connectivity index (χ4v) is 3.43. The molecule has 0 spiro atoms. The molecule has 0 radical (unpaired) electrons. The quantitative estimate of drug-likeness (QED) is 0.627. The van der Waals surface area contributed by atoms with E-state index in [1.807, 2.05) is 19.9 Å². The molecule has 164 valence electrons. The lowest BCUT2D eigenvalue weighted by molar-refractivity contribution is -0.119. The van der Waals surface area contributed by atoms with Crippen LogP contribution in [0.3, 0.4) is 0 Å². The highest BCUT2D eigenvalue weighted by atomic mass is 19.1. The van der Waals surface area contributed by atoms with Crippen molar-refractivity contribution in [2.45, 2.75) is 33.2 Å². The van der Waals surface area contributed by atoms with Crippen LogP contribution in [0.2, 0.25) is 0 Å². The molecule has 10 nitrogen and oxygen atoms in total. The maximum Gasteiger partial charge on any atom is 0.273 e. The fourth-order valence-electron chi connectivity index (χ4n) is 3.43. The van der Waals surface area contributed by atoms with Gasteiger partial charge in [-0.15, -0.1) is 0 Å². The predicted octanol–water partition coefficient (Wildman–Crippen LogP) is 1.79. The summed E-state index contributed by atoms with van der Waals surface area (Å²) in [6.45, 7) is 5.46. The van der Waals surface area contributed by atoms with Crippen molar-refractivity contribution >= 4 is 29.0 Å². The second kappa shape index (κ2) is 8.17. The second-order valence-electron chi connectivity index (χ2n) is 7.48. The van der Waals surface area contributed by atoms with Gasteiger partial charge in [0.1, 0.15) is 23.4 Å². The first-order valence-electron chi connectivity index (χ1n) is 9.83. The summed E-state index contributed by atoms with van der Waals surface area (Å²) >= 11 is 0. The number of nitrogens with two attached hydrogens (primary N) is 1. The van der Waals surface area contributed by atoms with Crippen LogP contribution in [-0.4, -0.2) is 43.3 Å². The van der Waals surface area contributed by atoms with Crippen LogP contribution in [0.5, 0.6) is 0 Å². The molecular formula is C21H21FN8O2. The molecule has 3 N–H and O–H groups in total. The second-order valence-corrected chi connectivity index (χ2v) is 7.48. The molecule has 1 aliphatic rings. The van der Waals surface area contributed by atoms with Crippen LogP contribution >= 0.6 is 0 Å². The number of aryl methyl sites for hydroxylation is 3. The van der Waals surface area contributed by atoms with Gasteiger partial charge in [0.15, 0.2) is 0 Å². The first kappa shape index (κ1) is 21.1. The Hall–Kier alpha value is -4.15. The van der Waals surface area contributed by atoms with Crippen LogP contribution in [0.25, 0.3) is 5.95 Å². The standard InChI is InChI=1S/C21H21FN8O2/c1-11-8-12(2)25-21(24-11)30-18(9-13(3)27-30)26-20(32)16-10-17(19(23)31)29(28-16)15-6-4-14(22)5-7-15/h4-9,17H,10H2,1-3H3,(H2,23,31)(H,26,32). The number of anilines is 2. The van der Waals surface area contributed by atoms with E-state index in [0.717, 1.165) is 11.4 Å². The zero-order valence-corrected chi connectivity index (χ0v) is 17.7. The van der Waals surface area contributed by atoms with Crippen molar-refractivity contribution in [1.82, 2.24) is 19.7 Å². The Labute approximate surface area is 183 Å². The summed E-state index contributed by atoms with van der Waals surface area (Å²) in [5.74, 6) is -0.919. The Morgan fingerprint density at radius 2 is 1.72 bits per heavy atom. The number of rotatable bonds is 5. The molecule has 1 aliphatic heterocycles.